The van der Waals surface area contributed by atoms with Crippen molar-refractivity contribution in [2.75, 3.05) is 7.11 Å². The van der Waals surface area contributed by atoms with Crippen molar-refractivity contribution in [2.24, 2.45) is 0 Å². The van der Waals surface area contributed by atoms with E-state index in [0.29, 0.717) is 0 Å². The molecule has 3 aromatic carbocycles. The van der Waals surface area contributed by atoms with E-state index in [2.05, 4.69) is 38.4 Å². The Morgan fingerprint density at radius 2 is 1.73 bits per heavy atom. The van der Waals surface area contributed by atoms with Crippen LogP contribution >= 0.6 is 0 Å². The van der Waals surface area contributed by atoms with Gasteiger partial charge in [0.25, 0.3) is 0 Å². The number of H-pyrrole nitrogens is 2. The summed E-state index contributed by atoms with van der Waals surface area (Å²) in [5, 5.41) is 8.61. The van der Waals surface area contributed by atoms with Crippen molar-refractivity contribution in [3.8, 4) is 28.4 Å². The number of aromatic nitrogens is 4. The minimum absolute atomic E-state index is 0.759. The summed E-state index contributed by atoms with van der Waals surface area (Å²) < 4.78 is 5.51. The minimum Gasteiger partial charge on any atom is -0.496 e. The molecule has 0 saturated carbocycles. The molecule has 5 aromatic rings. The van der Waals surface area contributed by atoms with Crippen molar-refractivity contribution < 1.29 is 4.74 Å². The molecule has 0 aliphatic heterocycles. The van der Waals surface area contributed by atoms with E-state index in [0.717, 1.165) is 50.3 Å². The van der Waals surface area contributed by atoms with Crippen LogP contribution in [0.25, 0.3) is 44.6 Å². The second kappa shape index (κ2) is 5.74. The fraction of sp³-hybridized carbons (Fsp3) is 0.0476. The molecule has 5 heteroatoms. The maximum atomic E-state index is 5.51. The average molecular weight is 340 g/mol. The Kier molecular flexibility index (Phi) is 3.25. The summed E-state index contributed by atoms with van der Waals surface area (Å²) in [6.07, 6.45) is 0. The van der Waals surface area contributed by atoms with Gasteiger partial charge >= 0.3 is 0 Å². The number of para-hydroxylation sites is 3. The Balaban J connectivity index is 1.70. The number of methoxy groups -OCH3 is 1. The lowest BCUT2D eigenvalue weighted by molar-refractivity contribution is 0.416. The van der Waals surface area contributed by atoms with Crippen molar-refractivity contribution in [3.05, 3.63) is 66.7 Å². The highest BCUT2D eigenvalue weighted by atomic mass is 16.5. The highest BCUT2D eigenvalue weighted by molar-refractivity contribution is 5.96. The summed E-state index contributed by atoms with van der Waals surface area (Å²) in [7, 11) is 1.69. The predicted molar refractivity (Wildman–Crippen MR) is 103 cm³/mol. The number of hydrogen-bond donors (Lipinski definition) is 2. The Hall–Kier alpha value is -3.60. The molecule has 2 N–H and O–H groups in total. The Morgan fingerprint density at radius 3 is 2.62 bits per heavy atom. The largest absolute Gasteiger partial charge is 0.496 e. The van der Waals surface area contributed by atoms with Crippen LogP contribution in [0.15, 0.2) is 66.7 Å². The highest BCUT2D eigenvalue weighted by Gasteiger charge is 2.14. The number of nitrogens with one attached hydrogen (secondary N) is 2. The third-order valence-corrected chi connectivity index (χ3v) is 4.59. The number of imidazole rings is 1. The van der Waals surface area contributed by atoms with Gasteiger partial charge in [0.05, 0.1) is 23.7 Å². The van der Waals surface area contributed by atoms with Gasteiger partial charge in [0.1, 0.15) is 11.4 Å². The molecule has 2 aromatic heterocycles. The van der Waals surface area contributed by atoms with E-state index in [4.69, 9.17) is 4.74 Å². The van der Waals surface area contributed by atoms with Crippen LogP contribution in [0.4, 0.5) is 0 Å². The van der Waals surface area contributed by atoms with Gasteiger partial charge in [-0.05, 0) is 35.9 Å². The fourth-order valence-corrected chi connectivity index (χ4v) is 3.31. The lowest BCUT2D eigenvalue weighted by atomic mass is 10.0. The van der Waals surface area contributed by atoms with Gasteiger partial charge in [-0.3, -0.25) is 5.10 Å². The molecule has 5 nitrogen and oxygen atoms in total. The van der Waals surface area contributed by atoms with Gasteiger partial charge in [-0.1, -0.05) is 36.4 Å². The second-order valence-corrected chi connectivity index (χ2v) is 6.14. The van der Waals surface area contributed by atoms with Crippen molar-refractivity contribution in [2.45, 2.75) is 0 Å². The number of benzene rings is 3. The van der Waals surface area contributed by atoms with Gasteiger partial charge in [0.2, 0.25) is 0 Å². The van der Waals surface area contributed by atoms with Crippen molar-refractivity contribution in [1.82, 2.24) is 20.2 Å². The predicted octanol–water partition coefficient (Wildman–Crippen LogP) is 4.78. The fourth-order valence-electron chi connectivity index (χ4n) is 3.31. The van der Waals surface area contributed by atoms with Gasteiger partial charge < -0.3 is 9.72 Å². The molecule has 126 valence electrons. The van der Waals surface area contributed by atoms with E-state index >= 15 is 0 Å². The summed E-state index contributed by atoms with van der Waals surface area (Å²) >= 11 is 0. The molecule has 0 radical (unpaired) electrons. The molecule has 0 bridgehead atoms. The maximum absolute atomic E-state index is 5.51. The topological polar surface area (TPSA) is 66.6 Å². The molecule has 0 unspecified atom stereocenters. The molecule has 0 fully saturated rings. The third-order valence-electron chi connectivity index (χ3n) is 4.59. The van der Waals surface area contributed by atoms with Crippen LogP contribution in [0.3, 0.4) is 0 Å². The zero-order valence-electron chi connectivity index (χ0n) is 14.2. The van der Waals surface area contributed by atoms with E-state index in [1.165, 1.54) is 0 Å². The lowest BCUT2D eigenvalue weighted by Gasteiger charge is -2.08. The standard InChI is InChI=1S/C21H16N4O/c1-26-19-9-5-2-6-14(19)13-10-11-16-15(12-13)20(25-24-16)21-22-17-7-3-4-8-18(17)23-21/h2-12H,1H3,(H,22,23)(H,24,25). The van der Waals surface area contributed by atoms with Crippen molar-refractivity contribution in [1.29, 1.82) is 0 Å². The molecule has 0 aliphatic rings. The zero-order valence-corrected chi connectivity index (χ0v) is 14.2. The van der Waals surface area contributed by atoms with E-state index in [1.54, 1.807) is 7.11 Å². The van der Waals surface area contributed by atoms with Crippen LogP contribution in [0.1, 0.15) is 0 Å². The molecule has 0 aliphatic carbocycles. The summed E-state index contributed by atoms with van der Waals surface area (Å²) in [6.45, 7) is 0. The number of fused-ring (bicyclic) bond motifs is 2. The molecule has 2 heterocycles. The Labute approximate surface area is 149 Å². The molecular weight excluding hydrogens is 324 g/mol. The number of hydrogen-bond acceptors (Lipinski definition) is 3. The first-order valence-electron chi connectivity index (χ1n) is 8.40. The van der Waals surface area contributed by atoms with Gasteiger partial charge in [0.15, 0.2) is 5.82 Å². The monoisotopic (exact) mass is 340 g/mol. The molecule has 0 amide bonds. The SMILES string of the molecule is COc1ccccc1-c1ccc2[nH]nc(-c3nc4ccccc4[nH]3)c2c1. The lowest BCUT2D eigenvalue weighted by Crippen LogP contribution is -1.87. The zero-order chi connectivity index (χ0) is 17.5. The third kappa shape index (κ3) is 2.25. The van der Waals surface area contributed by atoms with Crippen LogP contribution in [0.5, 0.6) is 5.75 Å². The summed E-state index contributed by atoms with van der Waals surface area (Å²) in [6, 6.07) is 22.2. The van der Waals surface area contributed by atoms with Gasteiger partial charge in [0, 0.05) is 10.9 Å². The summed E-state index contributed by atoms with van der Waals surface area (Å²) in [5.74, 6) is 1.61. The molecule has 0 spiro atoms. The molecule has 0 saturated heterocycles. The normalized spacial score (nSPS) is 11.3. The van der Waals surface area contributed by atoms with Crippen LogP contribution in [0.2, 0.25) is 0 Å². The van der Waals surface area contributed by atoms with Crippen LogP contribution in [0, 0.1) is 0 Å². The smallest absolute Gasteiger partial charge is 0.159 e. The van der Waals surface area contributed by atoms with Crippen molar-refractivity contribution in [3.63, 3.8) is 0 Å². The number of rotatable bonds is 3. The Morgan fingerprint density at radius 1 is 0.885 bits per heavy atom. The van der Waals surface area contributed by atoms with E-state index in [9.17, 15) is 0 Å². The first kappa shape index (κ1) is 14.7. The highest BCUT2D eigenvalue weighted by Crippen LogP contribution is 2.34. The van der Waals surface area contributed by atoms with Gasteiger partial charge in [-0.2, -0.15) is 5.10 Å². The number of nitrogens with zero attached hydrogens (tertiary/aromatic N) is 2. The summed E-state index contributed by atoms with van der Waals surface area (Å²) in [4.78, 5) is 8.03. The van der Waals surface area contributed by atoms with E-state index < -0.39 is 0 Å². The first-order valence-corrected chi connectivity index (χ1v) is 8.40. The van der Waals surface area contributed by atoms with E-state index in [-0.39, 0.29) is 0 Å². The number of ether oxygens (including phenoxy) is 1. The second-order valence-electron chi connectivity index (χ2n) is 6.14. The maximum Gasteiger partial charge on any atom is 0.159 e. The van der Waals surface area contributed by atoms with Crippen LogP contribution in [-0.4, -0.2) is 27.3 Å². The van der Waals surface area contributed by atoms with Crippen molar-refractivity contribution >= 4 is 21.9 Å². The number of aromatic amines is 2. The Bertz CT molecular complexity index is 1200. The van der Waals surface area contributed by atoms with Crippen LogP contribution in [-0.2, 0) is 0 Å². The first-order chi connectivity index (χ1) is 12.8. The molecule has 5 rings (SSSR count). The minimum atomic E-state index is 0.759. The van der Waals surface area contributed by atoms with Crippen LogP contribution < -0.4 is 4.74 Å². The van der Waals surface area contributed by atoms with Gasteiger partial charge in [-0.25, -0.2) is 4.98 Å². The quantitative estimate of drug-likeness (QED) is 0.496. The average Bonchev–Trinajstić information content (AvgIpc) is 3.31. The summed E-state index contributed by atoms with van der Waals surface area (Å²) in [5.41, 5.74) is 5.84. The van der Waals surface area contributed by atoms with E-state index in [1.807, 2.05) is 48.5 Å². The van der Waals surface area contributed by atoms with Gasteiger partial charge in [-0.15, -0.1) is 0 Å². The molecular formula is C21H16N4O. The molecule has 0 atom stereocenters. The molecule has 26 heavy (non-hydrogen) atoms.